The fraction of sp³-hybridized carbons (Fsp3) is 0.222. The second kappa shape index (κ2) is 7.28. The van der Waals surface area contributed by atoms with E-state index in [0.29, 0.717) is 24.8 Å². The standard InChI is InChI=1S/C18H17NO3/c1-2-3-4-9-16(18(21)22)19-17(20)15-11-10-13-7-5-6-8-14(13)12-15/h1,5-8,10-12,16H,3-4,9H2,(H,19,20)(H,21,22)/t16-/m1/s1. The molecule has 1 amide bonds. The van der Waals surface area contributed by atoms with Crippen molar-refractivity contribution in [2.24, 2.45) is 0 Å². The Labute approximate surface area is 129 Å². The number of amides is 1. The van der Waals surface area contributed by atoms with Gasteiger partial charge in [0.25, 0.3) is 5.91 Å². The molecule has 0 spiro atoms. The quantitative estimate of drug-likeness (QED) is 0.636. The predicted molar refractivity (Wildman–Crippen MR) is 85.5 cm³/mol. The van der Waals surface area contributed by atoms with Gasteiger partial charge in [-0.25, -0.2) is 4.79 Å². The van der Waals surface area contributed by atoms with Crippen LogP contribution in [0.1, 0.15) is 29.6 Å². The molecular weight excluding hydrogens is 278 g/mol. The second-order valence-electron chi connectivity index (χ2n) is 5.02. The molecule has 0 bridgehead atoms. The largest absolute Gasteiger partial charge is 0.480 e. The lowest BCUT2D eigenvalue weighted by Gasteiger charge is -2.14. The lowest BCUT2D eigenvalue weighted by Crippen LogP contribution is -2.40. The molecule has 2 rings (SSSR count). The first-order valence-corrected chi connectivity index (χ1v) is 7.08. The third-order valence-electron chi connectivity index (χ3n) is 3.43. The highest BCUT2D eigenvalue weighted by molar-refractivity contribution is 6.00. The van der Waals surface area contributed by atoms with Gasteiger partial charge in [-0.2, -0.15) is 0 Å². The lowest BCUT2D eigenvalue weighted by molar-refractivity contribution is -0.139. The van der Waals surface area contributed by atoms with Gasteiger partial charge in [-0.05, 0) is 35.7 Å². The first-order valence-electron chi connectivity index (χ1n) is 7.08. The van der Waals surface area contributed by atoms with Crippen molar-refractivity contribution < 1.29 is 14.7 Å². The van der Waals surface area contributed by atoms with Gasteiger partial charge in [-0.3, -0.25) is 4.79 Å². The summed E-state index contributed by atoms with van der Waals surface area (Å²) in [6.45, 7) is 0. The molecule has 22 heavy (non-hydrogen) atoms. The van der Waals surface area contributed by atoms with E-state index in [1.807, 2.05) is 30.3 Å². The summed E-state index contributed by atoms with van der Waals surface area (Å²) < 4.78 is 0. The van der Waals surface area contributed by atoms with Crippen LogP contribution in [0.2, 0.25) is 0 Å². The molecule has 0 fully saturated rings. The van der Waals surface area contributed by atoms with Crippen LogP contribution in [0, 0.1) is 12.3 Å². The summed E-state index contributed by atoms with van der Waals surface area (Å²) in [7, 11) is 0. The Hall–Kier alpha value is -2.80. The highest BCUT2D eigenvalue weighted by Gasteiger charge is 2.20. The number of nitrogens with one attached hydrogen (secondary N) is 1. The van der Waals surface area contributed by atoms with E-state index < -0.39 is 12.0 Å². The van der Waals surface area contributed by atoms with Crippen molar-refractivity contribution in [1.29, 1.82) is 0 Å². The number of terminal acetylenes is 1. The molecule has 2 aromatic rings. The van der Waals surface area contributed by atoms with Gasteiger partial charge in [-0.15, -0.1) is 12.3 Å². The number of carboxylic acid groups (broad SMARTS) is 1. The normalized spacial score (nSPS) is 11.6. The van der Waals surface area contributed by atoms with Gasteiger partial charge in [0.2, 0.25) is 0 Å². The van der Waals surface area contributed by atoms with E-state index >= 15 is 0 Å². The van der Waals surface area contributed by atoms with Crippen LogP contribution < -0.4 is 5.32 Å². The number of carbonyl (C=O) groups excluding carboxylic acids is 1. The van der Waals surface area contributed by atoms with Crippen molar-refractivity contribution in [3.05, 3.63) is 48.0 Å². The maximum Gasteiger partial charge on any atom is 0.326 e. The number of aliphatic carboxylic acids is 1. The van der Waals surface area contributed by atoms with Crippen molar-refractivity contribution in [2.45, 2.75) is 25.3 Å². The van der Waals surface area contributed by atoms with Crippen LogP contribution in [0.5, 0.6) is 0 Å². The lowest BCUT2D eigenvalue weighted by atomic mass is 10.1. The first kappa shape index (κ1) is 15.6. The third-order valence-corrected chi connectivity index (χ3v) is 3.43. The van der Waals surface area contributed by atoms with E-state index in [0.717, 1.165) is 10.8 Å². The fourth-order valence-corrected chi connectivity index (χ4v) is 2.24. The summed E-state index contributed by atoms with van der Waals surface area (Å²) in [5, 5.41) is 13.7. The van der Waals surface area contributed by atoms with E-state index in [2.05, 4.69) is 11.2 Å². The molecular formula is C18H17NO3. The second-order valence-corrected chi connectivity index (χ2v) is 5.02. The van der Waals surface area contributed by atoms with E-state index in [9.17, 15) is 14.7 Å². The Balaban J connectivity index is 2.11. The van der Waals surface area contributed by atoms with Gasteiger partial charge in [0.15, 0.2) is 0 Å². The number of benzene rings is 2. The minimum absolute atomic E-state index is 0.318. The molecule has 0 heterocycles. The molecule has 2 aromatic carbocycles. The Morgan fingerprint density at radius 1 is 1.18 bits per heavy atom. The molecule has 0 unspecified atom stereocenters. The molecule has 2 N–H and O–H groups in total. The Bertz CT molecular complexity index is 730. The maximum absolute atomic E-state index is 12.2. The topological polar surface area (TPSA) is 66.4 Å². The summed E-state index contributed by atoms with van der Waals surface area (Å²) in [6, 6.07) is 12.1. The van der Waals surface area contributed by atoms with E-state index in [1.165, 1.54) is 0 Å². The highest BCUT2D eigenvalue weighted by atomic mass is 16.4. The average molecular weight is 295 g/mol. The van der Waals surface area contributed by atoms with Gasteiger partial charge in [-0.1, -0.05) is 30.3 Å². The van der Waals surface area contributed by atoms with Crippen LogP contribution in [0.25, 0.3) is 10.8 Å². The zero-order valence-corrected chi connectivity index (χ0v) is 12.1. The monoisotopic (exact) mass is 295 g/mol. The SMILES string of the molecule is C#CCCC[C@@H](NC(=O)c1ccc2ccccc2c1)C(=O)O. The minimum atomic E-state index is -1.05. The summed E-state index contributed by atoms with van der Waals surface area (Å²) in [6.07, 6.45) is 6.53. The van der Waals surface area contributed by atoms with Crippen LogP contribution >= 0.6 is 0 Å². The van der Waals surface area contributed by atoms with Crippen LogP contribution in [0.3, 0.4) is 0 Å². The molecule has 0 aliphatic carbocycles. The van der Waals surface area contributed by atoms with E-state index in [-0.39, 0.29) is 5.91 Å². The number of fused-ring (bicyclic) bond motifs is 1. The van der Waals surface area contributed by atoms with Gasteiger partial charge in [0.1, 0.15) is 6.04 Å². The van der Waals surface area contributed by atoms with Crippen molar-refractivity contribution in [3.8, 4) is 12.3 Å². The number of rotatable bonds is 6. The Kier molecular flexibility index (Phi) is 5.16. The van der Waals surface area contributed by atoms with Crippen molar-refractivity contribution in [3.63, 3.8) is 0 Å². The third kappa shape index (κ3) is 3.86. The smallest absolute Gasteiger partial charge is 0.326 e. The van der Waals surface area contributed by atoms with Gasteiger partial charge >= 0.3 is 5.97 Å². The van der Waals surface area contributed by atoms with Crippen molar-refractivity contribution in [1.82, 2.24) is 5.32 Å². The summed E-state index contributed by atoms with van der Waals surface area (Å²) >= 11 is 0. The maximum atomic E-state index is 12.2. The summed E-state index contributed by atoms with van der Waals surface area (Å²) in [5.41, 5.74) is 0.446. The first-order chi connectivity index (χ1) is 10.6. The molecule has 112 valence electrons. The number of unbranched alkanes of at least 4 members (excludes halogenated alkanes) is 1. The zero-order chi connectivity index (χ0) is 15.9. The molecule has 0 aliphatic rings. The van der Waals surface area contributed by atoms with Gasteiger partial charge in [0, 0.05) is 12.0 Å². The number of carbonyl (C=O) groups is 2. The van der Waals surface area contributed by atoms with Crippen LogP contribution in [-0.4, -0.2) is 23.0 Å². The minimum Gasteiger partial charge on any atom is -0.480 e. The van der Waals surface area contributed by atoms with Gasteiger partial charge in [0.05, 0.1) is 0 Å². The molecule has 0 aliphatic heterocycles. The van der Waals surface area contributed by atoms with Crippen molar-refractivity contribution >= 4 is 22.6 Å². The van der Waals surface area contributed by atoms with Crippen molar-refractivity contribution in [2.75, 3.05) is 0 Å². The zero-order valence-electron chi connectivity index (χ0n) is 12.1. The van der Waals surface area contributed by atoms with E-state index in [1.54, 1.807) is 12.1 Å². The molecule has 1 atom stereocenters. The number of hydrogen-bond donors (Lipinski definition) is 2. The predicted octanol–water partition coefficient (Wildman–Crippen LogP) is 2.83. The molecule has 0 radical (unpaired) electrons. The highest BCUT2D eigenvalue weighted by Crippen LogP contribution is 2.16. The molecule has 4 nitrogen and oxygen atoms in total. The number of carboxylic acids is 1. The molecule has 0 aromatic heterocycles. The molecule has 0 saturated heterocycles. The van der Waals surface area contributed by atoms with Gasteiger partial charge < -0.3 is 10.4 Å². The van der Waals surface area contributed by atoms with E-state index in [4.69, 9.17) is 6.42 Å². The molecule has 0 saturated carbocycles. The Morgan fingerprint density at radius 3 is 2.59 bits per heavy atom. The van der Waals surface area contributed by atoms with Crippen LogP contribution in [0.15, 0.2) is 42.5 Å². The average Bonchev–Trinajstić information content (AvgIpc) is 2.53. The number of hydrogen-bond acceptors (Lipinski definition) is 2. The fourth-order valence-electron chi connectivity index (χ4n) is 2.24. The Morgan fingerprint density at radius 2 is 1.91 bits per heavy atom. The summed E-state index contributed by atoms with van der Waals surface area (Å²) in [5.74, 6) is 1.02. The van der Waals surface area contributed by atoms with Crippen LogP contribution in [-0.2, 0) is 4.79 Å². The molecule has 4 heteroatoms. The van der Waals surface area contributed by atoms with Crippen LogP contribution in [0.4, 0.5) is 0 Å². The summed E-state index contributed by atoms with van der Waals surface area (Å²) in [4.78, 5) is 23.4.